The van der Waals surface area contributed by atoms with Gasteiger partial charge < -0.3 is 4.74 Å². The molecule has 4 unspecified atom stereocenters. The first-order valence-corrected chi connectivity index (χ1v) is 14.6. The quantitative estimate of drug-likeness (QED) is 0.340. The van der Waals surface area contributed by atoms with Crippen molar-refractivity contribution >= 4 is 0 Å². The topological polar surface area (TPSA) is 9.23 Å². The van der Waals surface area contributed by atoms with Crippen molar-refractivity contribution in [2.24, 2.45) is 29.6 Å². The minimum Gasteiger partial charge on any atom is -0.494 e. The second kappa shape index (κ2) is 12.6. The molecule has 0 aromatic heterocycles. The maximum atomic E-state index is 14.8. The molecule has 0 saturated heterocycles. The van der Waals surface area contributed by atoms with E-state index >= 15 is 0 Å². The van der Waals surface area contributed by atoms with Gasteiger partial charge in [0.1, 0.15) is 11.6 Å². The lowest BCUT2D eigenvalue weighted by molar-refractivity contribution is 0.108. The zero-order chi connectivity index (χ0) is 23.0. The Morgan fingerprint density at radius 3 is 2.15 bits per heavy atom. The van der Waals surface area contributed by atoms with E-state index in [0.717, 1.165) is 41.6 Å². The minimum atomic E-state index is -0.0508. The van der Waals surface area contributed by atoms with Gasteiger partial charge >= 0.3 is 0 Å². The first kappa shape index (κ1) is 25.1. The Balaban J connectivity index is 1.19. The molecule has 2 heteroatoms. The SMILES string of the molecule is CCCCC1CCC(CCC2CCC3CC(c4ccc(OCCC)cc4F)CCC3C2)CC1. The molecule has 1 aromatic carbocycles. The van der Waals surface area contributed by atoms with E-state index in [9.17, 15) is 4.39 Å². The summed E-state index contributed by atoms with van der Waals surface area (Å²) in [6, 6.07) is 5.60. The highest BCUT2D eigenvalue weighted by Gasteiger charge is 2.36. The number of hydrogen-bond acceptors (Lipinski definition) is 1. The number of ether oxygens (including phenoxy) is 1. The fourth-order valence-electron chi connectivity index (χ4n) is 7.45. The van der Waals surface area contributed by atoms with Crippen LogP contribution >= 0.6 is 0 Å². The number of rotatable bonds is 10. The fourth-order valence-corrected chi connectivity index (χ4v) is 7.45. The summed E-state index contributed by atoms with van der Waals surface area (Å²) in [6.45, 7) is 5.07. The molecule has 1 aromatic rings. The highest BCUT2D eigenvalue weighted by atomic mass is 19.1. The van der Waals surface area contributed by atoms with Gasteiger partial charge in [-0.15, -0.1) is 0 Å². The molecule has 4 atom stereocenters. The highest BCUT2D eigenvalue weighted by molar-refractivity contribution is 5.31. The second-order valence-electron chi connectivity index (χ2n) is 11.8. The summed E-state index contributed by atoms with van der Waals surface area (Å²) in [7, 11) is 0. The monoisotopic (exact) mass is 456 g/mol. The largest absolute Gasteiger partial charge is 0.494 e. The van der Waals surface area contributed by atoms with Gasteiger partial charge in [0.15, 0.2) is 0 Å². The van der Waals surface area contributed by atoms with E-state index in [1.54, 1.807) is 6.07 Å². The third-order valence-electron chi connectivity index (χ3n) is 9.52. The Labute approximate surface area is 203 Å². The fraction of sp³-hybridized carbons (Fsp3) is 0.806. The number of hydrogen-bond donors (Lipinski definition) is 0. The summed E-state index contributed by atoms with van der Waals surface area (Å²) in [5, 5.41) is 0. The Morgan fingerprint density at radius 1 is 0.758 bits per heavy atom. The van der Waals surface area contributed by atoms with Crippen molar-refractivity contribution in [3.05, 3.63) is 29.6 Å². The smallest absolute Gasteiger partial charge is 0.130 e. The van der Waals surface area contributed by atoms with Crippen LogP contribution in [0.3, 0.4) is 0 Å². The predicted molar refractivity (Wildman–Crippen MR) is 137 cm³/mol. The van der Waals surface area contributed by atoms with Gasteiger partial charge in [0, 0.05) is 6.07 Å². The van der Waals surface area contributed by atoms with Gasteiger partial charge in [0.2, 0.25) is 0 Å². The molecule has 0 bridgehead atoms. The van der Waals surface area contributed by atoms with Crippen molar-refractivity contribution in [1.29, 1.82) is 0 Å². The summed E-state index contributed by atoms with van der Waals surface area (Å²) in [4.78, 5) is 0. The lowest BCUT2D eigenvalue weighted by atomic mass is 9.63. The number of unbranched alkanes of at least 4 members (excludes halogenated alkanes) is 1. The maximum absolute atomic E-state index is 14.8. The van der Waals surface area contributed by atoms with E-state index < -0.39 is 0 Å². The predicted octanol–water partition coefficient (Wildman–Crippen LogP) is 9.69. The normalized spacial score (nSPS) is 32.3. The van der Waals surface area contributed by atoms with Crippen LogP contribution in [0.25, 0.3) is 0 Å². The van der Waals surface area contributed by atoms with Crippen molar-refractivity contribution < 1.29 is 9.13 Å². The number of halogens is 1. The maximum Gasteiger partial charge on any atom is 0.130 e. The first-order valence-electron chi connectivity index (χ1n) is 14.6. The van der Waals surface area contributed by atoms with Crippen LogP contribution in [0.1, 0.15) is 128 Å². The van der Waals surface area contributed by atoms with Gasteiger partial charge in [-0.3, -0.25) is 0 Å². The van der Waals surface area contributed by atoms with E-state index in [-0.39, 0.29) is 5.82 Å². The van der Waals surface area contributed by atoms with Gasteiger partial charge in [-0.25, -0.2) is 4.39 Å². The molecule has 33 heavy (non-hydrogen) atoms. The molecule has 0 heterocycles. The summed E-state index contributed by atoms with van der Waals surface area (Å²) in [6.07, 6.45) is 22.1. The Bertz CT molecular complexity index is 707. The molecule has 3 fully saturated rings. The van der Waals surface area contributed by atoms with Crippen LogP contribution in [0.4, 0.5) is 4.39 Å². The summed E-state index contributed by atoms with van der Waals surface area (Å²) < 4.78 is 20.5. The second-order valence-corrected chi connectivity index (χ2v) is 11.8. The lowest BCUT2D eigenvalue weighted by Crippen LogP contribution is -2.31. The van der Waals surface area contributed by atoms with Crippen LogP contribution in [0.15, 0.2) is 18.2 Å². The molecule has 0 spiro atoms. The van der Waals surface area contributed by atoms with Crippen molar-refractivity contribution in [2.45, 2.75) is 122 Å². The van der Waals surface area contributed by atoms with Gasteiger partial charge in [-0.2, -0.15) is 0 Å². The van der Waals surface area contributed by atoms with Crippen LogP contribution in [0.5, 0.6) is 5.75 Å². The lowest BCUT2D eigenvalue weighted by Gasteiger charge is -2.43. The molecule has 4 rings (SSSR count). The average Bonchev–Trinajstić information content (AvgIpc) is 2.85. The van der Waals surface area contributed by atoms with Crippen LogP contribution in [0, 0.1) is 35.4 Å². The number of benzene rings is 1. The van der Waals surface area contributed by atoms with Crippen LogP contribution in [0.2, 0.25) is 0 Å². The van der Waals surface area contributed by atoms with E-state index in [1.165, 1.54) is 96.3 Å². The van der Waals surface area contributed by atoms with Crippen LogP contribution in [-0.2, 0) is 0 Å². The van der Waals surface area contributed by atoms with Gasteiger partial charge in [-0.05, 0) is 85.7 Å². The van der Waals surface area contributed by atoms with Crippen LogP contribution < -0.4 is 4.74 Å². The van der Waals surface area contributed by atoms with Crippen molar-refractivity contribution in [3.63, 3.8) is 0 Å². The van der Waals surface area contributed by atoms with Crippen molar-refractivity contribution in [2.75, 3.05) is 6.61 Å². The first-order chi connectivity index (χ1) is 16.2. The minimum absolute atomic E-state index is 0.0508. The standard InChI is InChI=1S/C31H49FO/c1-3-5-6-23-7-9-24(10-8-23)11-12-25-13-14-27-21-28(16-15-26(27)20-25)30-18-17-29(22-31(30)32)33-19-4-2/h17-18,22-28H,3-16,19-21H2,1-2H3. The van der Waals surface area contributed by atoms with E-state index in [4.69, 9.17) is 4.74 Å². The van der Waals surface area contributed by atoms with E-state index in [1.807, 2.05) is 12.1 Å². The zero-order valence-electron chi connectivity index (χ0n) is 21.5. The van der Waals surface area contributed by atoms with Gasteiger partial charge in [-0.1, -0.05) is 84.1 Å². The van der Waals surface area contributed by atoms with Gasteiger partial charge in [0.25, 0.3) is 0 Å². The average molecular weight is 457 g/mol. The number of fused-ring (bicyclic) bond motifs is 1. The molecular weight excluding hydrogens is 407 g/mol. The molecular formula is C31H49FO. The van der Waals surface area contributed by atoms with E-state index in [0.29, 0.717) is 18.3 Å². The Kier molecular flexibility index (Phi) is 9.56. The van der Waals surface area contributed by atoms with Crippen LogP contribution in [-0.4, -0.2) is 6.61 Å². The third kappa shape index (κ3) is 6.98. The third-order valence-corrected chi connectivity index (χ3v) is 9.52. The molecule has 3 aliphatic rings. The van der Waals surface area contributed by atoms with Gasteiger partial charge in [0.05, 0.1) is 6.61 Å². The van der Waals surface area contributed by atoms with E-state index in [2.05, 4.69) is 13.8 Å². The molecule has 0 N–H and O–H groups in total. The molecule has 0 aliphatic heterocycles. The molecule has 3 aliphatic carbocycles. The summed E-state index contributed by atoms with van der Waals surface area (Å²) >= 11 is 0. The molecule has 3 saturated carbocycles. The Morgan fingerprint density at radius 2 is 1.42 bits per heavy atom. The Hall–Kier alpha value is -1.05. The van der Waals surface area contributed by atoms with Crippen molar-refractivity contribution in [1.82, 2.24) is 0 Å². The summed E-state index contributed by atoms with van der Waals surface area (Å²) in [5.74, 6) is 5.79. The summed E-state index contributed by atoms with van der Waals surface area (Å²) in [5.41, 5.74) is 0.939. The molecule has 1 nitrogen and oxygen atoms in total. The highest BCUT2D eigenvalue weighted by Crippen LogP contribution is 2.49. The molecule has 0 radical (unpaired) electrons. The molecule has 186 valence electrons. The van der Waals surface area contributed by atoms with Crippen molar-refractivity contribution in [3.8, 4) is 5.75 Å². The zero-order valence-corrected chi connectivity index (χ0v) is 21.5. The molecule has 0 amide bonds.